The number of carbonyl (C=O) groups is 2. The Kier molecular flexibility index (Phi) is 8.16. The molecule has 0 fully saturated rings. The highest BCUT2D eigenvalue weighted by molar-refractivity contribution is 7.80. The summed E-state index contributed by atoms with van der Waals surface area (Å²) in [5.74, 6) is 0.626. The molecule has 164 valence electrons. The first-order valence-corrected chi connectivity index (χ1v) is 10.3. The van der Waals surface area contributed by atoms with Gasteiger partial charge in [-0.1, -0.05) is 35.9 Å². The van der Waals surface area contributed by atoms with E-state index in [1.807, 2.05) is 43.3 Å². The van der Waals surface area contributed by atoms with Crippen LogP contribution in [-0.2, 0) is 0 Å². The zero-order valence-electron chi connectivity index (χ0n) is 17.5. The van der Waals surface area contributed by atoms with Crippen molar-refractivity contribution in [2.24, 2.45) is 0 Å². The first-order valence-electron chi connectivity index (χ1n) is 9.90. The molecule has 0 radical (unpaired) electrons. The number of benzene rings is 3. The second-order valence-electron chi connectivity index (χ2n) is 6.77. The van der Waals surface area contributed by atoms with Crippen LogP contribution in [0.5, 0.6) is 11.5 Å². The van der Waals surface area contributed by atoms with Gasteiger partial charge in [-0.2, -0.15) is 0 Å². The maximum absolute atomic E-state index is 12.3. The van der Waals surface area contributed by atoms with Gasteiger partial charge >= 0.3 is 0 Å². The van der Waals surface area contributed by atoms with E-state index in [0.717, 1.165) is 11.3 Å². The van der Waals surface area contributed by atoms with E-state index in [4.69, 9.17) is 21.7 Å². The lowest BCUT2D eigenvalue weighted by Gasteiger charge is -2.11. The average molecular weight is 450 g/mol. The molecule has 0 aliphatic carbocycles. The second-order valence-corrected chi connectivity index (χ2v) is 7.17. The molecule has 3 aromatic rings. The van der Waals surface area contributed by atoms with Gasteiger partial charge in [-0.3, -0.25) is 25.8 Å². The van der Waals surface area contributed by atoms with Crippen LogP contribution in [0.15, 0.2) is 78.9 Å². The Bertz CT molecular complexity index is 1070. The van der Waals surface area contributed by atoms with Crippen LogP contribution in [0.4, 0.5) is 0 Å². The van der Waals surface area contributed by atoms with Gasteiger partial charge < -0.3 is 9.47 Å². The first kappa shape index (κ1) is 22.8. The molecule has 0 bridgehead atoms. The largest absolute Gasteiger partial charge is 0.490 e. The number of hydrazine groups is 1. The Balaban J connectivity index is 1.39. The summed E-state index contributed by atoms with van der Waals surface area (Å²) in [7, 11) is 0. The molecule has 0 aromatic heterocycles. The highest BCUT2D eigenvalue weighted by atomic mass is 32.1. The molecule has 0 saturated carbocycles. The van der Waals surface area contributed by atoms with Crippen molar-refractivity contribution in [3.05, 3.63) is 95.6 Å². The third-order valence-corrected chi connectivity index (χ3v) is 4.48. The quantitative estimate of drug-likeness (QED) is 0.291. The number of hydrogen-bond acceptors (Lipinski definition) is 5. The van der Waals surface area contributed by atoms with E-state index in [0.29, 0.717) is 30.1 Å². The van der Waals surface area contributed by atoms with E-state index in [2.05, 4.69) is 16.2 Å². The fourth-order valence-corrected chi connectivity index (χ4v) is 2.86. The maximum Gasteiger partial charge on any atom is 0.269 e. The van der Waals surface area contributed by atoms with E-state index in [9.17, 15) is 9.59 Å². The van der Waals surface area contributed by atoms with Crippen LogP contribution in [-0.4, -0.2) is 30.1 Å². The summed E-state index contributed by atoms with van der Waals surface area (Å²) in [6.45, 7) is 2.67. The third-order valence-electron chi connectivity index (χ3n) is 4.28. The van der Waals surface area contributed by atoms with E-state index >= 15 is 0 Å². The monoisotopic (exact) mass is 449 g/mol. The molecule has 0 spiro atoms. The Hall–Kier alpha value is -3.91. The average Bonchev–Trinajstić information content (AvgIpc) is 2.81. The van der Waals surface area contributed by atoms with Crippen molar-refractivity contribution in [1.29, 1.82) is 0 Å². The second kappa shape index (κ2) is 11.5. The number of hydrogen-bond donors (Lipinski definition) is 3. The summed E-state index contributed by atoms with van der Waals surface area (Å²) in [5.41, 5.74) is 6.82. The Morgan fingerprint density at radius 3 is 2.06 bits per heavy atom. The van der Waals surface area contributed by atoms with Gasteiger partial charge in [0.1, 0.15) is 24.7 Å². The molecule has 0 atom stereocenters. The van der Waals surface area contributed by atoms with Gasteiger partial charge in [-0.15, -0.1) is 0 Å². The Morgan fingerprint density at radius 2 is 1.41 bits per heavy atom. The van der Waals surface area contributed by atoms with Crippen LogP contribution in [0, 0.1) is 6.92 Å². The van der Waals surface area contributed by atoms with Gasteiger partial charge in [0.25, 0.3) is 11.8 Å². The normalized spacial score (nSPS) is 10.0. The molecule has 3 aromatic carbocycles. The number of carbonyl (C=O) groups excluding carboxylic acids is 2. The Morgan fingerprint density at radius 1 is 0.750 bits per heavy atom. The minimum Gasteiger partial charge on any atom is -0.490 e. The SMILES string of the molecule is Cc1cccc(C(=O)NNC(=S)NC(=O)c2ccc(OCCOc3ccccc3)cc2)c1. The molecule has 0 aliphatic rings. The topological polar surface area (TPSA) is 88.7 Å². The van der Waals surface area contributed by atoms with E-state index in [1.165, 1.54) is 0 Å². The number of nitrogens with one attached hydrogen (secondary N) is 3. The summed E-state index contributed by atoms with van der Waals surface area (Å²) < 4.78 is 11.2. The molecule has 3 N–H and O–H groups in total. The first-order chi connectivity index (χ1) is 15.5. The fraction of sp³-hybridized carbons (Fsp3) is 0.125. The van der Waals surface area contributed by atoms with E-state index in [1.54, 1.807) is 42.5 Å². The summed E-state index contributed by atoms with van der Waals surface area (Å²) >= 11 is 5.06. The Labute approximate surface area is 191 Å². The summed E-state index contributed by atoms with van der Waals surface area (Å²) in [6, 6.07) is 23.2. The van der Waals surface area contributed by atoms with Gasteiger partial charge in [0, 0.05) is 11.1 Å². The lowest BCUT2D eigenvalue weighted by atomic mass is 10.1. The number of para-hydroxylation sites is 1. The van der Waals surface area contributed by atoms with Crippen molar-refractivity contribution >= 4 is 29.1 Å². The lowest BCUT2D eigenvalue weighted by Crippen LogP contribution is -2.48. The van der Waals surface area contributed by atoms with Crippen molar-refractivity contribution in [2.45, 2.75) is 6.92 Å². The molecule has 0 unspecified atom stereocenters. The fourth-order valence-electron chi connectivity index (χ4n) is 2.72. The molecule has 2 amide bonds. The zero-order valence-corrected chi connectivity index (χ0v) is 18.3. The van der Waals surface area contributed by atoms with E-state index in [-0.39, 0.29) is 11.0 Å². The predicted octanol–water partition coefficient (Wildman–Crippen LogP) is 3.40. The number of aryl methyl sites for hydroxylation is 1. The van der Waals surface area contributed by atoms with Crippen molar-refractivity contribution in [1.82, 2.24) is 16.2 Å². The van der Waals surface area contributed by atoms with Gasteiger partial charge in [-0.25, -0.2) is 0 Å². The van der Waals surface area contributed by atoms with Crippen LogP contribution in [0.2, 0.25) is 0 Å². The molecule has 0 aliphatic heterocycles. The van der Waals surface area contributed by atoms with Crippen LogP contribution in [0.1, 0.15) is 26.3 Å². The minimum absolute atomic E-state index is 0.0191. The molecule has 32 heavy (non-hydrogen) atoms. The summed E-state index contributed by atoms with van der Waals surface area (Å²) in [5, 5.41) is 2.49. The highest BCUT2D eigenvalue weighted by Gasteiger charge is 2.10. The van der Waals surface area contributed by atoms with Gasteiger partial charge in [0.05, 0.1) is 0 Å². The van der Waals surface area contributed by atoms with Crippen molar-refractivity contribution in [3.8, 4) is 11.5 Å². The number of amides is 2. The predicted molar refractivity (Wildman–Crippen MR) is 126 cm³/mol. The van der Waals surface area contributed by atoms with Crippen molar-refractivity contribution < 1.29 is 19.1 Å². The molecular formula is C24H23N3O4S. The van der Waals surface area contributed by atoms with Crippen LogP contribution in [0.3, 0.4) is 0 Å². The smallest absolute Gasteiger partial charge is 0.269 e. The molecule has 0 saturated heterocycles. The molecule has 8 heteroatoms. The number of rotatable bonds is 7. The summed E-state index contributed by atoms with van der Waals surface area (Å²) in [4.78, 5) is 24.4. The third kappa shape index (κ3) is 7.10. The van der Waals surface area contributed by atoms with E-state index < -0.39 is 5.91 Å². The maximum atomic E-state index is 12.3. The zero-order chi connectivity index (χ0) is 22.8. The van der Waals surface area contributed by atoms with Crippen molar-refractivity contribution in [3.63, 3.8) is 0 Å². The standard InChI is InChI=1S/C24H23N3O4S/c1-17-6-5-7-19(16-17)23(29)26-27-24(32)25-22(28)18-10-12-21(13-11-18)31-15-14-30-20-8-3-2-4-9-20/h2-13,16H,14-15H2,1H3,(H,26,29)(H2,25,27,28,32). The van der Waals surface area contributed by atoms with Crippen LogP contribution in [0.25, 0.3) is 0 Å². The van der Waals surface area contributed by atoms with Gasteiger partial charge in [-0.05, 0) is 67.7 Å². The number of ether oxygens (including phenoxy) is 2. The van der Waals surface area contributed by atoms with Gasteiger partial charge in [0.15, 0.2) is 5.11 Å². The molecule has 0 heterocycles. The molecule has 3 rings (SSSR count). The minimum atomic E-state index is -0.411. The molecule has 7 nitrogen and oxygen atoms in total. The van der Waals surface area contributed by atoms with Gasteiger partial charge in [0.2, 0.25) is 0 Å². The van der Waals surface area contributed by atoms with Crippen molar-refractivity contribution in [2.75, 3.05) is 13.2 Å². The lowest BCUT2D eigenvalue weighted by molar-refractivity contribution is 0.0934. The van der Waals surface area contributed by atoms with Crippen LogP contribution < -0.4 is 25.6 Å². The molecular weight excluding hydrogens is 426 g/mol. The summed E-state index contributed by atoms with van der Waals surface area (Å²) in [6.07, 6.45) is 0. The number of thiocarbonyl (C=S) groups is 1. The highest BCUT2D eigenvalue weighted by Crippen LogP contribution is 2.13. The van der Waals surface area contributed by atoms with Crippen LogP contribution >= 0.6 is 12.2 Å².